The van der Waals surface area contributed by atoms with Crippen LogP contribution in [0.1, 0.15) is 0 Å². The van der Waals surface area contributed by atoms with Crippen molar-refractivity contribution < 1.29 is 0 Å². The molecule has 3 aromatic rings. The SMILES string of the molecule is Nc1cc(-c2ccccc2)nn1C(=S)Nc1ccc(Cl)cc1. The lowest BCUT2D eigenvalue weighted by atomic mass is 10.2. The molecular formula is C16H13ClN4S. The molecule has 1 aromatic heterocycles. The lowest BCUT2D eigenvalue weighted by Gasteiger charge is -2.09. The van der Waals surface area contributed by atoms with E-state index >= 15 is 0 Å². The Balaban J connectivity index is 1.84. The van der Waals surface area contributed by atoms with Crippen LogP contribution < -0.4 is 11.1 Å². The zero-order valence-electron chi connectivity index (χ0n) is 11.5. The normalized spacial score (nSPS) is 10.4. The van der Waals surface area contributed by atoms with Crippen molar-refractivity contribution >= 4 is 40.4 Å². The van der Waals surface area contributed by atoms with Crippen LogP contribution in [-0.4, -0.2) is 14.9 Å². The number of anilines is 2. The number of hydrogen-bond donors (Lipinski definition) is 2. The van der Waals surface area contributed by atoms with Crippen LogP contribution in [-0.2, 0) is 0 Å². The number of benzene rings is 2. The molecule has 0 saturated heterocycles. The van der Waals surface area contributed by atoms with Crippen molar-refractivity contribution in [3.8, 4) is 11.3 Å². The molecule has 6 heteroatoms. The van der Waals surface area contributed by atoms with Gasteiger partial charge in [-0.05, 0) is 36.5 Å². The lowest BCUT2D eigenvalue weighted by molar-refractivity contribution is 0.961. The van der Waals surface area contributed by atoms with Crippen LogP contribution in [0.2, 0.25) is 5.02 Å². The minimum atomic E-state index is 0.405. The first-order chi connectivity index (χ1) is 10.6. The van der Waals surface area contributed by atoms with E-state index in [-0.39, 0.29) is 0 Å². The van der Waals surface area contributed by atoms with E-state index in [1.54, 1.807) is 18.2 Å². The third kappa shape index (κ3) is 3.10. The van der Waals surface area contributed by atoms with E-state index in [0.717, 1.165) is 16.9 Å². The van der Waals surface area contributed by atoms with Gasteiger partial charge in [0.2, 0.25) is 0 Å². The maximum atomic E-state index is 6.01. The fourth-order valence-electron chi connectivity index (χ4n) is 2.02. The summed E-state index contributed by atoms with van der Waals surface area (Å²) >= 11 is 11.2. The Labute approximate surface area is 138 Å². The number of nitrogens with zero attached hydrogens (tertiary/aromatic N) is 2. The molecule has 0 aliphatic heterocycles. The molecule has 3 rings (SSSR count). The molecular weight excluding hydrogens is 316 g/mol. The molecule has 4 nitrogen and oxygen atoms in total. The number of aromatic nitrogens is 2. The van der Waals surface area contributed by atoms with Gasteiger partial charge in [0.15, 0.2) is 5.11 Å². The maximum absolute atomic E-state index is 6.01. The molecule has 0 aliphatic carbocycles. The van der Waals surface area contributed by atoms with Crippen LogP contribution in [0.3, 0.4) is 0 Å². The summed E-state index contributed by atoms with van der Waals surface area (Å²) in [4.78, 5) is 0. The van der Waals surface area contributed by atoms with Crippen molar-refractivity contribution in [2.24, 2.45) is 0 Å². The molecule has 0 atom stereocenters. The molecule has 0 unspecified atom stereocenters. The van der Waals surface area contributed by atoms with Crippen molar-refractivity contribution in [2.75, 3.05) is 11.1 Å². The van der Waals surface area contributed by atoms with Crippen molar-refractivity contribution in [3.63, 3.8) is 0 Å². The number of nitrogens with two attached hydrogens (primary N) is 1. The quantitative estimate of drug-likeness (QED) is 0.697. The molecule has 3 N–H and O–H groups in total. The zero-order valence-corrected chi connectivity index (χ0v) is 13.1. The van der Waals surface area contributed by atoms with Crippen LogP contribution in [0.4, 0.5) is 11.5 Å². The van der Waals surface area contributed by atoms with Crippen molar-refractivity contribution in [3.05, 3.63) is 65.7 Å². The second kappa shape index (κ2) is 6.17. The predicted octanol–water partition coefficient (Wildman–Crippen LogP) is 4.03. The van der Waals surface area contributed by atoms with Gasteiger partial charge in [0.05, 0.1) is 5.69 Å². The van der Waals surface area contributed by atoms with Gasteiger partial charge in [-0.25, -0.2) is 0 Å². The third-order valence-corrected chi connectivity index (χ3v) is 3.62. The molecule has 0 bridgehead atoms. The average molecular weight is 329 g/mol. The molecule has 110 valence electrons. The van der Waals surface area contributed by atoms with Gasteiger partial charge in [0.25, 0.3) is 0 Å². The minimum Gasteiger partial charge on any atom is -0.383 e. The first kappa shape index (κ1) is 14.6. The number of rotatable bonds is 2. The Morgan fingerprint density at radius 1 is 1.09 bits per heavy atom. The summed E-state index contributed by atoms with van der Waals surface area (Å²) < 4.78 is 1.51. The van der Waals surface area contributed by atoms with Crippen LogP contribution in [0.5, 0.6) is 0 Å². The van der Waals surface area contributed by atoms with E-state index in [2.05, 4.69) is 10.4 Å². The molecule has 22 heavy (non-hydrogen) atoms. The van der Waals surface area contributed by atoms with E-state index in [1.807, 2.05) is 42.5 Å². The molecule has 1 heterocycles. The van der Waals surface area contributed by atoms with Gasteiger partial charge in [0.1, 0.15) is 5.82 Å². The van der Waals surface area contributed by atoms with Gasteiger partial charge in [0, 0.05) is 22.3 Å². The lowest BCUT2D eigenvalue weighted by Crippen LogP contribution is -2.21. The molecule has 0 fully saturated rings. The van der Waals surface area contributed by atoms with Crippen molar-refractivity contribution in [1.29, 1.82) is 0 Å². The highest BCUT2D eigenvalue weighted by molar-refractivity contribution is 7.80. The largest absolute Gasteiger partial charge is 0.383 e. The molecule has 2 aromatic carbocycles. The van der Waals surface area contributed by atoms with Gasteiger partial charge >= 0.3 is 0 Å². The molecule has 0 amide bonds. The standard InChI is InChI=1S/C16H13ClN4S/c17-12-6-8-13(9-7-12)19-16(22)21-15(18)10-14(20-21)11-4-2-1-3-5-11/h1-10H,18H2,(H,19,22). The molecule has 0 aliphatic rings. The fourth-order valence-corrected chi connectivity index (χ4v) is 2.41. The van der Waals surface area contributed by atoms with Crippen LogP contribution >= 0.6 is 23.8 Å². The first-order valence-corrected chi connectivity index (χ1v) is 7.40. The summed E-state index contributed by atoms with van der Waals surface area (Å²) in [5.41, 5.74) is 8.60. The molecule has 0 spiro atoms. The minimum absolute atomic E-state index is 0.405. The van der Waals surface area contributed by atoms with Crippen LogP contribution in [0.25, 0.3) is 11.3 Å². The summed E-state index contributed by atoms with van der Waals surface area (Å²) in [7, 11) is 0. The first-order valence-electron chi connectivity index (χ1n) is 6.61. The Kier molecular flexibility index (Phi) is 4.09. The summed E-state index contributed by atoms with van der Waals surface area (Å²) in [6.07, 6.45) is 0. The van der Waals surface area contributed by atoms with E-state index in [9.17, 15) is 0 Å². The van der Waals surface area contributed by atoms with Gasteiger partial charge < -0.3 is 11.1 Å². The summed E-state index contributed by atoms with van der Waals surface area (Å²) in [6.45, 7) is 0. The number of thiocarbonyl (C=S) groups is 1. The monoisotopic (exact) mass is 328 g/mol. The van der Waals surface area contributed by atoms with Gasteiger partial charge in [-0.1, -0.05) is 41.9 Å². The van der Waals surface area contributed by atoms with Crippen LogP contribution in [0, 0.1) is 0 Å². The smallest absolute Gasteiger partial charge is 0.200 e. The number of nitrogen functional groups attached to an aromatic ring is 1. The van der Waals surface area contributed by atoms with E-state index in [1.165, 1.54) is 4.68 Å². The topological polar surface area (TPSA) is 55.9 Å². The average Bonchev–Trinajstić information content (AvgIpc) is 2.92. The molecule has 0 saturated carbocycles. The maximum Gasteiger partial charge on any atom is 0.200 e. The summed E-state index contributed by atoms with van der Waals surface area (Å²) in [6, 6.07) is 18.9. The van der Waals surface area contributed by atoms with Crippen molar-refractivity contribution in [2.45, 2.75) is 0 Å². The Bertz CT molecular complexity index is 797. The summed E-state index contributed by atoms with van der Waals surface area (Å²) in [5, 5.41) is 8.61. The number of halogens is 1. The van der Waals surface area contributed by atoms with E-state index < -0.39 is 0 Å². The van der Waals surface area contributed by atoms with Crippen molar-refractivity contribution in [1.82, 2.24) is 9.78 Å². The highest BCUT2D eigenvalue weighted by Crippen LogP contribution is 2.20. The highest BCUT2D eigenvalue weighted by atomic mass is 35.5. The van der Waals surface area contributed by atoms with Gasteiger partial charge in [-0.15, -0.1) is 0 Å². The third-order valence-electron chi connectivity index (χ3n) is 3.09. The highest BCUT2D eigenvalue weighted by Gasteiger charge is 2.10. The van der Waals surface area contributed by atoms with Crippen LogP contribution in [0.15, 0.2) is 60.7 Å². The fraction of sp³-hybridized carbons (Fsp3) is 0. The number of nitrogens with one attached hydrogen (secondary N) is 1. The second-order valence-corrected chi connectivity index (χ2v) is 5.49. The molecule has 0 radical (unpaired) electrons. The van der Waals surface area contributed by atoms with E-state index in [0.29, 0.717) is 16.0 Å². The second-order valence-electron chi connectivity index (χ2n) is 4.67. The Morgan fingerprint density at radius 2 is 1.77 bits per heavy atom. The Morgan fingerprint density at radius 3 is 2.45 bits per heavy atom. The predicted molar refractivity (Wildman–Crippen MR) is 95.1 cm³/mol. The Hall–Kier alpha value is -2.37. The number of hydrogen-bond acceptors (Lipinski definition) is 3. The zero-order chi connectivity index (χ0) is 15.5. The van der Waals surface area contributed by atoms with Gasteiger partial charge in [-0.2, -0.15) is 9.78 Å². The van der Waals surface area contributed by atoms with E-state index in [4.69, 9.17) is 29.6 Å². The van der Waals surface area contributed by atoms with Gasteiger partial charge in [-0.3, -0.25) is 0 Å². The summed E-state index contributed by atoms with van der Waals surface area (Å²) in [5.74, 6) is 0.477.